The number of hydrazine groups is 1. The predicted molar refractivity (Wildman–Crippen MR) is 64.5 cm³/mol. The monoisotopic (exact) mass is 224 g/mol. The van der Waals surface area contributed by atoms with E-state index in [0.29, 0.717) is 5.82 Å². The number of aromatic nitrogens is 1. The first kappa shape index (κ1) is 12.9. The van der Waals surface area contributed by atoms with Crippen molar-refractivity contribution in [1.29, 1.82) is 0 Å². The van der Waals surface area contributed by atoms with Gasteiger partial charge in [0.05, 0.1) is 11.6 Å². The van der Waals surface area contributed by atoms with E-state index in [1.807, 2.05) is 26.8 Å². The molecule has 1 heterocycles. The number of aryl methyl sites for hydroxylation is 1. The molecule has 0 aliphatic heterocycles. The van der Waals surface area contributed by atoms with Gasteiger partial charge in [-0.25, -0.2) is 10.4 Å². The highest BCUT2D eigenvalue weighted by Crippen LogP contribution is 2.30. The van der Waals surface area contributed by atoms with Gasteiger partial charge in [0.25, 0.3) is 0 Å². The van der Waals surface area contributed by atoms with Crippen molar-refractivity contribution in [2.24, 2.45) is 5.84 Å². The number of anilines is 1. The Morgan fingerprint density at radius 1 is 1.50 bits per heavy atom. The van der Waals surface area contributed by atoms with Crippen LogP contribution in [0.4, 0.5) is 5.82 Å². The molecule has 1 unspecified atom stereocenters. The maximum atomic E-state index is 5.86. The van der Waals surface area contributed by atoms with Crippen molar-refractivity contribution in [2.45, 2.75) is 32.4 Å². The highest BCUT2D eigenvalue weighted by molar-refractivity contribution is 5.44. The lowest BCUT2D eigenvalue weighted by Crippen LogP contribution is -2.44. The first-order valence-corrected chi connectivity index (χ1v) is 5.15. The summed E-state index contributed by atoms with van der Waals surface area (Å²) in [6, 6.07) is 1.76. The molecule has 0 aliphatic rings. The van der Waals surface area contributed by atoms with Crippen LogP contribution in [-0.4, -0.2) is 17.7 Å². The molecule has 1 aromatic heterocycles. The van der Waals surface area contributed by atoms with E-state index < -0.39 is 5.60 Å². The minimum Gasteiger partial charge on any atom is -0.383 e. The van der Waals surface area contributed by atoms with Crippen LogP contribution in [0.2, 0.25) is 0 Å². The molecule has 0 aromatic carbocycles. The topological polar surface area (TPSA) is 86.2 Å². The molecule has 90 valence electrons. The molecule has 0 radical (unpaired) electrons. The lowest BCUT2D eigenvalue weighted by atomic mass is 9.92. The number of nitrogen functional groups attached to an aromatic ring is 1. The molecule has 0 amide bonds. The molecule has 16 heavy (non-hydrogen) atoms. The molecule has 0 aliphatic carbocycles. The lowest BCUT2D eigenvalue weighted by Gasteiger charge is -2.33. The number of ether oxygens (including phenoxy) is 1. The van der Waals surface area contributed by atoms with E-state index in [4.69, 9.17) is 16.3 Å². The van der Waals surface area contributed by atoms with Gasteiger partial charge in [0.1, 0.15) is 5.82 Å². The molecule has 5 N–H and O–H groups in total. The van der Waals surface area contributed by atoms with Crippen molar-refractivity contribution in [3.8, 4) is 0 Å². The van der Waals surface area contributed by atoms with Gasteiger partial charge in [-0.05, 0) is 32.4 Å². The van der Waals surface area contributed by atoms with Crippen LogP contribution < -0.4 is 17.0 Å². The standard InChI is InChI=1S/C11H20N4O/c1-7-5-8(10(12)14-6-7)9(15-13)11(2,3)16-4/h5-6,9,15H,13H2,1-4H3,(H2,12,14). The van der Waals surface area contributed by atoms with Crippen LogP contribution in [0.25, 0.3) is 0 Å². The number of nitrogens with zero attached hydrogens (tertiary/aromatic N) is 1. The second-order valence-electron chi connectivity index (χ2n) is 4.39. The number of methoxy groups -OCH3 is 1. The highest BCUT2D eigenvalue weighted by atomic mass is 16.5. The van der Waals surface area contributed by atoms with E-state index in [-0.39, 0.29) is 6.04 Å². The second kappa shape index (κ2) is 4.78. The van der Waals surface area contributed by atoms with Gasteiger partial charge in [-0.3, -0.25) is 5.84 Å². The fraction of sp³-hybridized carbons (Fsp3) is 0.545. The Morgan fingerprint density at radius 3 is 2.62 bits per heavy atom. The summed E-state index contributed by atoms with van der Waals surface area (Å²) in [5.74, 6) is 6.04. The summed E-state index contributed by atoms with van der Waals surface area (Å²) in [5.41, 5.74) is 10.0. The van der Waals surface area contributed by atoms with Crippen molar-refractivity contribution in [3.05, 3.63) is 23.4 Å². The SMILES string of the molecule is COC(C)(C)C(NN)c1cc(C)cnc1N. The summed E-state index contributed by atoms with van der Waals surface area (Å²) >= 11 is 0. The van der Waals surface area contributed by atoms with Crippen LogP contribution in [0.1, 0.15) is 31.0 Å². The molecule has 0 spiro atoms. The third-order valence-corrected chi connectivity index (χ3v) is 2.79. The molecular formula is C11H20N4O. The summed E-state index contributed by atoms with van der Waals surface area (Å²) in [5, 5.41) is 0. The Balaban J connectivity index is 3.18. The zero-order chi connectivity index (χ0) is 12.3. The Bertz CT molecular complexity index is 365. The van der Waals surface area contributed by atoms with Crippen LogP contribution >= 0.6 is 0 Å². The smallest absolute Gasteiger partial charge is 0.128 e. The van der Waals surface area contributed by atoms with Gasteiger partial charge >= 0.3 is 0 Å². The molecular weight excluding hydrogens is 204 g/mol. The molecule has 0 saturated heterocycles. The van der Waals surface area contributed by atoms with Gasteiger partial charge < -0.3 is 10.5 Å². The van der Waals surface area contributed by atoms with Crippen LogP contribution in [0, 0.1) is 6.92 Å². The van der Waals surface area contributed by atoms with Crippen molar-refractivity contribution in [3.63, 3.8) is 0 Å². The average molecular weight is 224 g/mol. The summed E-state index contributed by atoms with van der Waals surface area (Å²) < 4.78 is 5.41. The van der Waals surface area contributed by atoms with E-state index in [0.717, 1.165) is 11.1 Å². The highest BCUT2D eigenvalue weighted by Gasteiger charge is 2.31. The molecule has 5 nitrogen and oxygen atoms in total. The van der Waals surface area contributed by atoms with Gasteiger partial charge in [0.2, 0.25) is 0 Å². The number of pyridine rings is 1. The van der Waals surface area contributed by atoms with Crippen LogP contribution in [0.5, 0.6) is 0 Å². The first-order chi connectivity index (χ1) is 7.42. The molecule has 5 heteroatoms. The second-order valence-corrected chi connectivity index (χ2v) is 4.39. The Labute approximate surface area is 96.2 Å². The average Bonchev–Trinajstić information content (AvgIpc) is 2.24. The zero-order valence-electron chi connectivity index (χ0n) is 10.2. The van der Waals surface area contributed by atoms with E-state index >= 15 is 0 Å². The fourth-order valence-electron chi connectivity index (χ4n) is 1.62. The predicted octanol–water partition coefficient (Wildman–Crippen LogP) is 0.902. The van der Waals surface area contributed by atoms with Gasteiger partial charge in [-0.2, -0.15) is 0 Å². The number of nitrogens with one attached hydrogen (secondary N) is 1. The van der Waals surface area contributed by atoms with Crippen LogP contribution in [0.15, 0.2) is 12.3 Å². The van der Waals surface area contributed by atoms with E-state index in [1.165, 1.54) is 0 Å². The van der Waals surface area contributed by atoms with E-state index in [1.54, 1.807) is 13.3 Å². The molecule has 1 aromatic rings. The maximum Gasteiger partial charge on any atom is 0.128 e. The minimum absolute atomic E-state index is 0.204. The number of nitrogens with two attached hydrogens (primary N) is 2. The molecule has 1 atom stereocenters. The largest absolute Gasteiger partial charge is 0.383 e. The number of hydrogen-bond acceptors (Lipinski definition) is 5. The van der Waals surface area contributed by atoms with E-state index in [2.05, 4.69) is 10.4 Å². The van der Waals surface area contributed by atoms with E-state index in [9.17, 15) is 0 Å². The summed E-state index contributed by atoms with van der Waals surface area (Å²) in [7, 11) is 1.64. The summed E-state index contributed by atoms with van der Waals surface area (Å²) in [6.45, 7) is 5.85. The Kier molecular flexibility index (Phi) is 3.85. The first-order valence-electron chi connectivity index (χ1n) is 5.15. The molecule has 0 saturated carbocycles. The Hall–Kier alpha value is -1.17. The van der Waals surface area contributed by atoms with Crippen molar-refractivity contribution in [1.82, 2.24) is 10.4 Å². The van der Waals surface area contributed by atoms with Gasteiger partial charge in [-0.1, -0.05) is 0 Å². The summed E-state index contributed by atoms with van der Waals surface area (Å²) in [6.07, 6.45) is 1.73. The normalized spacial score (nSPS) is 13.8. The third kappa shape index (κ3) is 2.49. The van der Waals surface area contributed by atoms with Crippen molar-refractivity contribution < 1.29 is 4.74 Å². The van der Waals surface area contributed by atoms with Gasteiger partial charge in [-0.15, -0.1) is 0 Å². The number of rotatable bonds is 4. The third-order valence-electron chi connectivity index (χ3n) is 2.79. The minimum atomic E-state index is -0.460. The van der Waals surface area contributed by atoms with Crippen molar-refractivity contribution in [2.75, 3.05) is 12.8 Å². The molecule has 0 fully saturated rings. The molecule has 0 bridgehead atoms. The fourth-order valence-corrected chi connectivity index (χ4v) is 1.62. The maximum absolute atomic E-state index is 5.86. The number of hydrogen-bond donors (Lipinski definition) is 3. The van der Waals surface area contributed by atoms with Gasteiger partial charge in [0, 0.05) is 18.9 Å². The Morgan fingerprint density at radius 2 is 2.12 bits per heavy atom. The zero-order valence-corrected chi connectivity index (χ0v) is 10.2. The summed E-state index contributed by atoms with van der Waals surface area (Å²) in [4.78, 5) is 4.12. The van der Waals surface area contributed by atoms with Crippen LogP contribution in [0.3, 0.4) is 0 Å². The molecule has 1 rings (SSSR count). The van der Waals surface area contributed by atoms with Gasteiger partial charge in [0.15, 0.2) is 0 Å². The quantitative estimate of drug-likeness (QED) is 0.522. The van der Waals surface area contributed by atoms with Crippen LogP contribution in [-0.2, 0) is 4.74 Å². The lowest BCUT2D eigenvalue weighted by molar-refractivity contribution is -0.0110. The van der Waals surface area contributed by atoms with Crippen molar-refractivity contribution >= 4 is 5.82 Å².